The molecule has 0 unspecified atom stereocenters. The van der Waals surface area contributed by atoms with Crippen LogP contribution in [0.5, 0.6) is 0 Å². The average molecular weight is 349 g/mol. The summed E-state index contributed by atoms with van der Waals surface area (Å²) in [6.45, 7) is 3.81. The molecule has 0 fully saturated rings. The second-order valence-electron chi connectivity index (χ2n) is 5.94. The highest BCUT2D eigenvalue weighted by Crippen LogP contribution is 2.15. The molecule has 132 valence electrons. The molecule has 0 aliphatic carbocycles. The highest BCUT2D eigenvalue weighted by atomic mass is 16.5. The number of fused-ring (bicyclic) bond motifs is 1. The number of benzene rings is 2. The van der Waals surface area contributed by atoms with Crippen molar-refractivity contribution in [2.24, 2.45) is 0 Å². The summed E-state index contributed by atoms with van der Waals surface area (Å²) in [7, 11) is 0. The van der Waals surface area contributed by atoms with Gasteiger partial charge in [-0.1, -0.05) is 30.3 Å². The largest absolute Gasteiger partial charge is 0.452 e. The van der Waals surface area contributed by atoms with Gasteiger partial charge >= 0.3 is 5.97 Å². The van der Waals surface area contributed by atoms with Gasteiger partial charge in [0.2, 0.25) is 0 Å². The van der Waals surface area contributed by atoms with E-state index in [-0.39, 0.29) is 12.5 Å². The fraction of sp³-hybridized carbons (Fsp3) is 0.200. The van der Waals surface area contributed by atoms with E-state index in [0.717, 1.165) is 17.0 Å². The van der Waals surface area contributed by atoms with E-state index in [1.807, 2.05) is 44.2 Å². The molecule has 3 rings (SSSR count). The lowest BCUT2D eigenvalue weighted by Crippen LogP contribution is -2.28. The number of carbonyl (C=O) groups is 2. The third-order valence-corrected chi connectivity index (χ3v) is 3.98. The van der Waals surface area contributed by atoms with Crippen LogP contribution in [0.4, 0.5) is 0 Å². The third kappa shape index (κ3) is 4.22. The van der Waals surface area contributed by atoms with Crippen LogP contribution in [-0.2, 0) is 16.1 Å². The van der Waals surface area contributed by atoms with Gasteiger partial charge in [0.05, 0.1) is 28.0 Å². The maximum Gasteiger partial charge on any atom is 0.338 e. The van der Waals surface area contributed by atoms with E-state index >= 15 is 0 Å². The van der Waals surface area contributed by atoms with Crippen molar-refractivity contribution in [3.8, 4) is 0 Å². The molecule has 0 spiro atoms. The summed E-state index contributed by atoms with van der Waals surface area (Å²) in [6, 6.07) is 14.5. The molecule has 1 N–H and O–H groups in total. The van der Waals surface area contributed by atoms with Crippen LogP contribution in [0.3, 0.4) is 0 Å². The third-order valence-electron chi connectivity index (χ3n) is 3.98. The van der Waals surface area contributed by atoms with Crippen molar-refractivity contribution in [1.82, 2.24) is 15.3 Å². The van der Waals surface area contributed by atoms with Crippen molar-refractivity contribution < 1.29 is 14.3 Å². The van der Waals surface area contributed by atoms with Gasteiger partial charge in [-0.15, -0.1) is 0 Å². The Bertz CT molecular complexity index is 955. The minimum Gasteiger partial charge on any atom is -0.452 e. The molecule has 2 aromatic carbocycles. The lowest BCUT2D eigenvalue weighted by Gasteiger charge is -2.08. The fourth-order valence-electron chi connectivity index (χ4n) is 2.42. The second-order valence-corrected chi connectivity index (χ2v) is 5.94. The first-order valence-electron chi connectivity index (χ1n) is 8.25. The van der Waals surface area contributed by atoms with Crippen molar-refractivity contribution >= 4 is 22.9 Å². The Morgan fingerprint density at radius 3 is 2.38 bits per heavy atom. The van der Waals surface area contributed by atoms with Gasteiger partial charge in [-0.05, 0) is 37.6 Å². The van der Waals surface area contributed by atoms with Gasteiger partial charge in [-0.25, -0.2) is 14.8 Å². The molecule has 0 saturated heterocycles. The van der Waals surface area contributed by atoms with Crippen LogP contribution in [0.1, 0.15) is 27.3 Å². The lowest BCUT2D eigenvalue weighted by atomic mass is 10.2. The first kappa shape index (κ1) is 17.5. The summed E-state index contributed by atoms with van der Waals surface area (Å²) in [5.41, 5.74) is 4.31. The molecule has 3 aromatic rings. The molecule has 26 heavy (non-hydrogen) atoms. The van der Waals surface area contributed by atoms with Crippen LogP contribution in [0.25, 0.3) is 11.0 Å². The minimum atomic E-state index is -0.568. The number of hydrogen-bond donors (Lipinski definition) is 1. The van der Waals surface area contributed by atoms with Crippen molar-refractivity contribution in [2.45, 2.75) is 20.4 Å². The zero-order valence-corrected chi connectivity index (χ0v) is 14.7. The molecule has 0 saturated carbocycles. The van der Waals surface area contributed by atoms with Crippen LogP contribution >= 0.6 is 0 Å². The van der Waals surface area contributed by atoms with Crippen LogP contribution in [0.2, 0.25) is 0 Å². The zero-order chi connectivity index (χ0) is 18.5. The van der Waals surface area contributed by atoms with Gasteiger partial charge in [0, 0.05) is 6.54 Å². The van der Waals surface area contributed by atoms with Crippen LogP contribution in [-0.4, -0.2) is 28.5 Å². The molecule has 0 aliphatic heterocycles. The summed E-state index contributed by atoms with van der Waals surface area (Å²) >= 11 is 0. The number of nitrogens with one attached hydrogen (secondary N) is 1. The van der Waals surface area contributed by atoms with E-state index in [9.17, 15) is 9.59 Å². The van der Waals surface area contributed by atoms with Crippen LogP contribution < -0.4 is 5.32 Å². The predicted octanol–water partition coefficient (Wildman–Crippen LogP) is 2.72. The summed E-state index contributed by atoms with van der Waals surface area (Å²) in [5, 5.41) is 2.71. The lowest BCUT2D eigenvalue weighted by molar-refractivity contribution is -0.124. The van der Waals surface area contributed by atoms with Crippen molar-refractivity contribution in [2.75, 3.05) is 6.61 Å². The molecule has 6 nitrogen and oxygen atoms in total. The molecular formula is C20H19N3O3. The molecule has 1 aromatic heterocycles. The number of ether oxygens (including phenoxy) is 1. The van der Waals surface area contributed by atoms with Gasteiger partial charge in [-0.3, -0.25) is 4.79 Å². The molecule has 0 radical (unpaired) electrons. The van der Waals surface area contributed by atoms with E-state index in [2.05, 4.69) is 15.3 Å². The zero-order valence-electron chi connectivity index (χ0n) is 14.7. The molecule has 0 aliphatic rings. The van der Waals surface area contributed by atoms with E-state index in [1.165, 1.54) is 0 Å². The number of amides is 1. The predicted molar refractivity (Wildman–Crippen MR) is 97.6 cm³/mol. The van der Waals surface area contributed by atoms with Gasteiger partial charge in [0.25, 0.3) is 5.91 Å². The standard InChI is InChI=1S/C20H19N3O3/c1-13-14(2)23-18-10-16(8-9-17(18)22-13)20(25)26-12-19(24)21-11-15-6-4-3-5-7-15/h3-10H,11-12H2,1-2H3,(H,21,24). The van der Waals surface area contributed by atoms with Crippen molar-refractivity contribution in [1.29, 1.82) is 0 Å². The number of hydrogen-bond acceptors (Lipinski definition) is 5. The maximum absolute atomic E-state index is 12.2. The Kier molecular flexibility index (Phi) is 5.22. The van der Waals surface area contributed by atoms with E-state index in [4.69, 9.17) is 4.74 Å². The first-order chi connectivity index (χ1) is 12.5. The quantitative estimate of drug-likeness (QED) is 0.716. The topological polar surface area (TPSA) is 81.2 Å². The molecule has 0 atom stereocenters. The molecule has 6 heteroatoms. The van der Waals surface area contributed by atoms with E-state index in [1.54, 1.807) is 18.2 Å². The Balaban J connectivity index is 1.58. The average Bonchev–Trinajstić information content (AvgIpc) is 2.66. The van der Waals surface area contributed by atoms with Crippen LogP contribution in [0, 0.1) is 13.8 Å². The van der Waals surface area contributed by atoms with Gasteiger partial charge in [0.1, 0.15) is 0 Å². The molecule has 0 bridgehead atoms. The first-order valence-corrected chi connectivity index (χ1v) is 8.25. The van der Waals surface area contributed by atoms with Crippen molar-refractivity contribution in [3.05, 3.63) is 71.0 Å². The van der Waals surface area contributed by atoms with Gasteiger partial charge in [0.15, 0.2) is 6.61 Å². The molecular weight excluding hydrogens is 330 g/mol. The number of rotatable bonds is 5. The summed E-state index contributed by atoms with van der Waals surface area (Å²) in [6.07, 6.45) is 0. The second kappa shape index (κ2) is 7.74. The summed E-state index contributed by atoms with van der Waals surface area (Å²) < 4.78 is 5.08. The number of aryl methyl sites for hydroxylation is 2. The number of aromatic nitrogens is 2. The molecule has 1 heterocycles. The van der Waals surface area contributed by atoms with E-state index in [0.29, 0.717) is 23.1 Å². The highest BCUT2D eigenvalue weighted by Gasteiger charge is 2.12. The van der Waals surface area contributed by atoms with Gasteiger partial charge < -0.3 is 10.1 Å². The maximum atomic E-state index is 12.2. The SMILES string of the molecule is Cc1nc2ccc(C(=O)OCC(=O)NCc3ccccc3)cc2nc1C. The van der Waals surface area contributed by atoms with E-state index < -0.39 is 5.97 Å². The summed E-state index contributed by atoms with van der Waals surface area (Å²) in [4.78, 5) is 32.9. The minimum absolute atomic E-state index is 0.331. The fourth-order valence-corrected chi connectivity index (χ4v) is 2.42. The highest BCUT2D eigenvalue weighted by molar-refractivity contribution is 5.94. The smallest absolute Gasteiger partial charge is 0.338 e. The Labute approximate surface area is 151 Å². The Morgan fingerprint density at radius 2 is 1.65 bits per heavy atom. The summed E-state index contributed by atoms with van der Waals surface area (Å²) in [5.74, 6) is -0.920. The Hall–Kier alpha value is -3.28. The monoisotopic (exact) mass is 349 g/mol. The number of carbonyl (C=O) groups excluding carboxylic acids is 2. The molecule has 1 amide bonds. The van der Waals surface area contributed by atoms with Crippen LogP contribution in [0.15, 0.2) is 48.5 Å². The van der Waals surface area contributed by atoms with Gasteiger partial charge in [-0.2, -0.15) is 0 Å². The Morgan fingerprint density at radius 1 is 0.962 bits per heavy atom. The normalized spacial score (nSPS) is 10.5. The number of nitrogens with zero attached hydrogens (tertiary/aromatic N) is 2. The number of esters is 1. The van der Waals surface area contributed by atoms with Crippen molar-refractivity contribution in [3.63, 3.8) is 0 Å².